The minimum atomic E-state index is 0.821. The maximum absolute atomic E-state index is 5.92. The minimum Gasteiger partial charge on any atom is -0.398 e. The van der Waals surface area contributed by atoms with E-state index in [4.69, 9.17) is 5.73 Å². The lowest BCUT2D eigenvalue weighted by Gasteiger charge is -1.98. The summed E-state index contributed by atoms with van der Waals surface area (Å²) in [6, 6.07) is 1.91. The lowest BCUT2D eigenvalue weighted by atomic mass is 10.2. The van der Waals surface area contributed by atoms with Gasteiger partial charge in [0.2, 0.25) is 0 Å². The number of nitrogen functional groups attached to an aromatic ring is 1. The minimum absolute atomic E-state index is 0.821. The number of nitrogens with two attached hydrogens (primary N) is 1. The Morgan fingerprint density at radius 1 is 1.46 bits per heavy atom. The number of aromatic nitrogens is 1. The quantitative estimate of drug-likeness (QED) is 0.786. The maximum Gasteiger partial charge on any atom is 0.126 e. The molecule has 4 heteroatoms. The van der Waals surface area contributed by atoms with Crippen LogP contribution < -0.4 is 5.73 Å². The Morgan fingerprint density at radius 2 is 2.15 bits per heavy atom. The lowest BCUT2D eigenvalue weighted by molar-refractivity contribution is 1.27. The van der Waals surface area contributed by atoms with Crippen LogP contribution in [0, 0.1) is 13.8 Å². The molecule has 0 saturated carbocycles. The summed E-state index contributed by atoms with van der Waals surface area (Å²) < 4.78 is 1.12. The van der Waals surface area contributed by atoms with E-state index < -0.39 is 0 Å². The number of halogens is 1. The van der Waals surface area contributed by atoms with Crippen molar-refractivity contribution >= 4 is 43.2 Å². The first-order valence-electron chi connectivity index (χ1n) is 3.91. The summed E-state index contributed by atoms with van der Waals surface area (Å²) in [6.07, 6.45) is 0. The molecule has 0 aliphatic heterocycles. The van der Waals surface area contributed by atoms with Crippen molar-refractivity contribution in [3.05, 3.63) is 21.1 Å². The fourth-order valence-electron chi connectivity index (χ4n) is 1.38. The molecule has 0 bridgehead atoms. The highest BCUT2D eigenvalue weighted by Crippen LogP contribution is 2.36. The van der Waals surface area contributed by atoms with Crippen LogP contribution in [0.4, 0.5) is 5.69 Å². The number of rotatable bonds is 0. The molecule has 68 valence electrons. The Bertz CT molecular complexity index is 476. The number of pyridine rings is 1. The third-order valence-corrected chi connectivity index (χ3v) is 4.06. The molecule has 0 aromatic carbocycles. The van der Waals surface area contributed by atoms with Crippen molar-refractivity contribution in [1.29, 1.82) is 0 Å². The van der Waals surface area contributed by atoms with E-state index in [9.17, 15) is 0 Å². The van der Waals surface area contributed by atoms with E-state index in [0.717, 1.165) is 25.4 Å². The van der Waals surface area contributed by atoms with Crippen molar-refractivity contribution in [2.45, 2.75) is 13.8 Å². The van der Waals surface area contributed by atoms with Gasteiger partial charge < -0.3 is 5.73 Å². The average molecular weight is 257 g/mol. The molecule has 2 nitrogen and oxygen atoms in total. The van der Waals surface area contributed by atoms with Gasteiger partial charge >= 0.3 is 0 Å². The highest BCUT2D eigenvalue weighted by molar-refractivity contribution is 9.11. The van der Waals surface area contributed by atoms with Gasteiger partial charge in [-0.15, -0.1) is 11.3 Å². The molecule has 0 spiro atoms. The fourth-order valence-corrected chi connectivity index (χ4v) is 3.03. The van der Waals surface area contributed by atoms with Gasteiger partial charge in [-0.05, 0) is 41.4 Å². The Morgan fingerprint density at radius 3 is 2.85 bits per heavy atom. The summed E-state index contributed by atoms with van der Waals surface area (Å²) in [7, 11) is 0. The second kappa shape index (κ2) is 2.96. The maximum atomic E-state index is 5.92. The van der Waals surface area contributed by atoms with Crippen molar-refractivity contribution < 1.29 is 0 Å². The van der Waals surface area contributed by atoms with Crippen molar-refractivity contribution in [3.63, 3.8) is 0 Å². The van der Waals surface area contributed by atoms with Crippen molar-refractivity contribution in [2.24, 2.45) is 0 Å². The standard InChI is InChI=1S/C9H9BrN2S/c1-4-3-6(11)7-5(2)8(10)13-9(7)12-4/h3H,1-2H3,(H2,11,12). The van der Waals surface area contributed by atoms with Gasteiger partial charge in [0.25, 0.3) is 0 Å². The Kier molecular flexibility index (Phi) is 2.04. The van der Waals surface area contributed by atoms with Crippen LogP contribution in [0.25, 0.3) is 10.2 Å². The third kappa shape index (κ3) is 1.34. The second-order valence-corrected chi connectivity index (χ2v) is 5.35. The van der Waals surface area contributed by atoms with Gasteiger partial charge in [0.15, 0.2) is 0 Å². The Balaban J connectivity index is 2.94. The SMILES string of the molecule is Cc1cc(N)c2c(C)c(Br)sc2n1. The lowest BCUT2D eigenvalue weighted by Crippen LogP contribution is -1.90. The summed E-state index contributed by atoms with van der Waals surface area (Å²) in [6.45, 7) is 4.01. The molecule has 2 N–H and O–H groups in total. The van der Waals surface area contributed by atoms with E-state index in [1.165, 1.54) is 5.56 Å². The number of thiophene rings is 1. The van der Waals surface area contributed by atoms with Gasteiger partial charge in [-0.2, -0.15) is 0 Å². The predicted octanol–water partition coefficient (Wildman–Crippen LogP) is 3.26. The molecule has 0 unspecified atom stereocenters. The molecule has 0 amide bonds. The molecule has 0 saturated heterocycles. The van der Waals surface area contributed by atoms with Crippen molar-refractivity contribution in [2.75, 3.05) is 5.73 Å². The van der Waals surface area contributed by atoms with E-state index in [2.05, 4.69) is 27.8 Å². The van der Waals surface area contributed by atoms with E-state index >= 15 is 0 Å². The molecule has 13 heavy (non-hydrogen) atoms. The number of nitrogens with zero attached hydrogens (tertiary/aromatic N) is 1. The van der Waals surface area contributed by atoms with Crippen LogP contribution in [0.5, 0.6) is 0 Å². The summed E-state index contributed by atoms with van der Waals surface area (Å²) in [4.78, 5) is 5.44. The van der Waals surface area contributed by atoms with Gasteiger partial charge in [-0.25, -0.2) is 4.98 Å². The average Bonchev–Trinajstić information content (AvgIpc) is 2.27. The topological polar surface area (TPSA) is 38.9 Å². The predicted molar refractivity (Wildman–Crippen MR) is 61.2 cm³/mol. The van der Waals surface area contributed by atoms with Gasteiger partial charge in [-0.1, -0.05) is 0 Å². The highest BCUT2D eigenvalue weighted by Gasteiger charge is 2.10. The summed E-state index contributed by atoms with van der Waals surface area (Å²) >= 11 is 5.12. The van der Waals surface area contributed by atoms with Gasteiger partial charge in [0.05, 0.1) is 3.79 Å². The first-order chi connectivity index (χ1) is 6.09. The van der Waals surface area contributed by atoms with Crippen LogP contribution in [0.1, 0.15) is 11.3 Å². The molecular weight excluding hydrogens is 248 g/mol. The third-order valence-electron chi connectivity index (χ3n) is 2.00. The molecule has 0 aliphatic carbocycles. The van der Waals surface area contributed by atoms with Crippen LogP contribution in [0.3, 0.4) is 0 Å². The highest BCUT2D eigenvalue weighted by atomic mass is 79.9. The largest absolute Gasteiger partial charge is 0.398 e. The Labute approximate surface area is 88.9 Å². The first-order valence-corrected chi connectivity index (χ1v) is 5.52. The molecule has 0 atom stereocenters. The van der Waals surface area contributed by atoms with Crippen LogP contribution in [0.15, 0.2) is 9.85 Å². The molecule has 2 aromatic heterocycles. The van der Waals surface area contributed by atoms with Gasteiger partial charge in [0.1, 0.15) is 4.83 Å². The van der Waals surface area contributed by atoms with Gasteiger partial charge in [-0.3, -0.25) is 0 Å². The zero-order valence-electron chi connectivity index (χ0n) is 7.39. The zero-order valence-corrected chi connectivity index (χ0v) is 9.79. The van der Waals surface area contributed by atoms with Crippen molar-refractivity contribution in [3.8, 4) is 0 Å². The molecular formula is C9H9BrN2S. The van der Waals surface area contributed by atoms with Crippen molar-refractivity contribution in [1.82, 2.24) is 4.98 Å². The molecule has 2 rings (SSSR count). The number of anilines is 1. The normalized spacial score (nSPS) is 11.0. The zero-order chi connectivity index (χ0) is 9.59. The smallest absolute Gasteiger partial charge is 0.126 e. The van der Waals surface area contributed by atoms with E-state index in [0.29, 0.717) is 0 Å². The second-order valence-electron chi connectivity index (χ2n) is 3.03. The van der Waals surface area contributed by atoms with E-state index in [1.807, 2.05) is 13.0 Å². The molecule has 2 aromatic rings. The monoisotopic (exact) mass is 256 g/mol. The van der Waals surface area contributed by atoms with Crippen LogP contribution >= 0.6 is 27.3 Å². The Hall–Kier alpha value is -0.610. The number of fused-ring (bicyclic) bond motifs is 1. The van der Waals surface area contributed by atoms with Crippen LogP contribution in [-0.4, -0.2) is 4.98 Å². The molecule has 2 heterocycles. The fraction of sp³-hybridized carbons (Fsp3) is 0.222. The van der Waals surface area contributed by atoms with Crippen LogP contribution in [0.2, 0.25) is 0 Å². The van der Waals surface area contributed by atoms with Gasteiger partial charge in [0, 0.05) is 16.8 Å². The summed E-state index contributed by atoms with van der Waals surface area (Å²) in [5.74, 6) is 0. The summed E-state index contributed by atoms with van der Waals surface area (Å²) in [5.41, 5.74) is 8.89. The molecule has 0 fully saturated rings. The first kappa shape index (κ1) is 8.97. The number of hydrogen-bond acceptors (Lipinski definition) is 3. The van der Waals surface area contributed by atoms with Crippen LogP contribution in [-0.2, 0) is 0 Å². The molecule has 0 radical (unpaired) electrons. The number of aryl methyl sites for hydroxylation is 2. The van der Waals surface area contributed by atoms with E-state index in [-0.39, 0.29) is 0 Å². The molecule has 0 aliphatic rings. The number of hydrogen-bond donors (Lipinski definition) is 1. The van der Waals surface area contributed by atoms with E-state index in [1.54, 1.807) is 11.3 Å². The summed E-state index contributed by atoms with van der Waals surface area (Å²) in [5, 5.41) is 1.09.